The Labute approximate surface area is 112 Å². The Kier molecular flexibility index (Phi) is 3.02. The van der Waals surface area contributed by atoms with Gasteiger partial charge in [0.1, 0.15) is 11.4 Å². The normalized spacial score (nSPS) is 10.5. The number of nitrogen functional groups attached to an aromatic ring is 1. The molecule has 0 amide bonds. The molecule has 0 saturated heterocycles. The highest BCUT2D eigenvalue weighted by molar-refractivity contribution is 7.99. The van der Waals surface area contributed by atoms with Gasteiger partial charge in [0.2, 0.25) is 17.1 Å². The zero-order valence-corrected chi connectivity index (χ0v) is 10.4. The molecule has 0 unspecified atom stereocenters. The van der Waals surface area contributed by atoms with Gasteiger partial charge in [0, 0.05) is 24.8 Å². The van der Waals surface area contributed by atoms with Crippen LogP contribution in [0, 0.1) is 0 Å². The van der Waals surface area contributed by atoms with Crippen LogP contribution in [0.1, 0.15) is 0 Å². The zero-order chi connectivity index (χ0) is 13.1. The predicted octanol–water partition coefficient (Wildman–Crippen LogP) is 0.581. The minimum Gasteiger partial charge on any atom is -0.368 e. The Bertz CT molecular complexity index is 669. The molecule has 3 aromatic heterocycles. The van der Waals surface area contributed by atoms with Crippen LogP contribution in [0.4, 0.5) is 5.95 Å². The smallest absolute Gasteiger partial charge is 0.240 e. The maximum Gasteiger partial charge on any atom is 0.240 e. The van der Waals surface area contributed by atoms with Gasteiger partial charge >= 0.3 is 0 Å². The Morgan fingerprint density at radius 2 is 2.00 bits per heavy atom. The lowest BCUT2D eigenvalue weighted by Crippen LogP contribution is -2.06. The fraction of sp³-hybridized carbons (Fsp3) is 0. The summed E-state index contributed by atoms with van der Waals surface area (Å²) in [6, 6.07) is 0. The van der Waals surface area contributed by atoms with E-state index in [1.165, 1.54) is 11.8 Å². The molecule has 0 aliphatic rings. The van der Waals surface area contributed by atoms with Gasteiger partial charge in [-0.05, 0) is 11.8 Å². The van der Waals surface area contributed by atoms with Crippen LogP contribution < -0.4 is 5.73 Å². The predicted molar refractivity (Wildman–Crippen MR) is 67.5 cm³/mol. The van der Waals surface area contributed by atoms with E-state index in [0.29, 0.717) is 16.1 Å². The topological polar surface area (TPSA) is 108 Å². The molecule has 0 saturated carbocycles. The summed E-state index contributed by atoms with van der Waals surface area (Å²) < 4.78 is 1.65. The summed E-state index contributed by atoms with van der Waals surface area (Å²) >= 11 is 1.26. The molecule has 0 radical (unpaired) electrons. The molecule has 8 nitrogen and oxygen atoms in total. The van der Waals surface area contributed by atoms with E-state index in [-0.39, 0.29) is 5.95 Å². The summed E-state index contributed by atoms with van der Waals surface area (Å²) in [7, 11) is 0. The Morgan fingerprint density at radius 3 is 2.74 bits per heavy atom. The lowest BCUT2D eigenvalue weighted by Gasteiger charge is -2.03. The Balaban J connectivity index is 1.94. The summed E-state index contributed by atoms with van der Waals surface area (Å²) in [5.41, 5.74) is 5.67. The number of hydrogen-bond donors (Lipinski definition) is 1. The van der Waals surface area contributed by atoms with Gasteiger partial charge in [0.15, 0.2) is 0 Å². The van der Waals surface area contributed by atoms with Crippen molar-refractivity contribution < 1.29 is 0 Å². The minimum absolute atomic E-state index is 0.144. The van der Waals surface area contributed by atoms with E-state index in [1.807, 2.05) is 0 Å². The van der Waals surface area contributed by atoms with Crippen LogP contribution in [0.3, 0.4) is 0 Å². The second-order valence-corrected chi connectivity index (χ2v) is 4.38. The summed E-state index contributed by atoms with van der Waals surface area (Å²) in [5.74, 6) is 0.557. The van der Waals surface area contributed by atoms with E-state index in [0.717, 1.165) is 0 Å². The molecular formula is C10H8N8S. The van der Waals surface area contributed by atoms with Crippen molar-refractivity contribution in [3.8, 4) is 5.95 Å². The molecule has 0 fully saturated rings. The first-order valence-electron chi connectivity index (χ1n) is 5.25. The number of aromatic nitrogens is 7. The van der Waals surface area contributed by atoms with Crippen molar-refractivity contribution in [3.63, 3.8) is 0 Å². The fourth-order valence-electron chi connectivity index (χ4n) is 1.33. The Morgan fingerprint density at radius 1 is 1.05 bits per heavy atom. The van der Waals surface area contributed by atoms with E-state index in [4.69, 9.17) is 5.73 Å². The van der Waals surface area contributed by atoms with Crippen LogP contribution >= 0.6 is 11.8 Å². The molecule has 3 rings (SSSR count). The third-order valence-electron chi connectivity index (χ3n) is 2.09. The van der Waals surface area contributed by atoms with Crippen molar-refractivity contribution in [2.24, 2.45) is 0 Å². The van der Waals surface area contributed by atoms with E-state index in [2.05, 4.69) is 29.9 Å². The first-order valence-corrected chi connectivity index (χ1v) is 6.07. The average Bonchev–Trinajstić information content (AvgIpc) is 2.93. The summed E-state index contributed by atoms with van der Waals surface area (Å²) in [6.45, 7) is 0. The number of nitrogens with zero attached hydrogens (tertiary/aromatic N) is 7. The molecule has 2 N–H and O–H groups in total. The van der Waals surface area contributed by atoms with E-state index >= 15 is 0 Å². The van der Waals surface area contributed by atoms with Crippen molar-refractivity contribution in [2.75, 3.05) is 5.73 Å². The number of anilines is 1. The maximum absolute atomic E-state index is 5.67. The number of imidazole rings is 1. The largest absolute Gasteiger partial charge is 0.368 e. The standard InChI is InChI=1S/C10H8N8S/c11-8-15-9(18-4-3-13-6-18)17-10(16-8)19-7-5-12-1-2-14-7/h1-6H,(H2,11,15,16,17). The van der Waals surface area contributed by atoms with Gasteiger partial charge in [-0.15, -0.1) is 0 Å². The van der Waals surface area contributed by atoms with Gasteiger partial charge in [0.05, 0.1) is 6.20 Å². The minimum atomic E-state index is 0.144. The number of nitrogens with two attached hydrogens (primary N) is 1. The van der Waals surface area contributed by atoms with Gasteiger partial charge in [0.25, 0.3) is 0 Å². The van der Waals surface area contributed by atoms with Gasteiger partial charge in [-0.3, -0.25) is 9.55 Å². The highest BCUT2D eigenvalue weighted by Crippen LogP contribution is 2.22. The molecular weight excluding hydrogens is 264 g/mol. The second-order valence-electron chi connectivity index (χ2n) is 3.39. The molecule has 0 aliphatic carbocycles. The van der Waals surface area contributed by atoms with Crippen molar-refractivity contribution in [1.29, 1.82) is 0 Å². The van der Waals surface area contributed by atoms with Crippen molar-refractivity contribution in [2.45, 2.75) is 10.2 Å². The lowest BCUT2D eigenvalue weighted by atomic mass is 10.8. The molecule has 94 valence electrons. The van der Waals surface area contributed by atoms with Crippen LogP contribution in [0.5, 0.6) is 0 Å². The highest BCUT2D eigenvalue weighted by atomic mass is 32.2. The first-order chi connectivity index (χ1) is 9.31. The van der Waals surface area contributed by atoms with E-state index in [1.54, 1.807) is 41.9 Å². The third kappa shape index (κ3) is 2.65. The quantitative estimate of drug-likeness (QED) is 0.737. The van der Waals surface area contributed by atoms with Gasteiger partial charge in [-0.2, -0.15) is 15.0 Å². The SMILES string of the molecule is Nc1nc(Sc2cnccn2)nc(-n2ccnc2)n1. The molecule has 3 heterocycles. The van der Waals surface area contributed by atoms with Gasteiger partial charge in [-0.1, -0.05) is 0 Å². The lowest BCUT2D eigenvalue weighted by molar-refractivity contribution is 0.830. The zero-order valence-electron chi connectivity index (χ0n) is 9.58. The molecule has 0 aromatic carbocycles. The van der Waals surface area contributed by atoms with Crippen LogP contribution in [-0.4, -0.2) is 34.5 Å². The van der Waals surface area contributed by atoms with Crippen LogP contribution in [0.25, 0.3) is 5.95 Å². The highest BCUT2D eigenvalue weighted by Gasteiger charge is 2.08. The van der Waals surface area contributed by atoms with Gasteiger partial charge < -0.3 is 5.73 Å². The average molecular weight is 272 g/mol. The van der Waals surface area contributed by atoms with E-state index < -0.39 is 0 Å². The fourth-order valence-corrected chi connectivity index (χ4v) is 2.01. The van der Waals surface area contributed by atoms with Crippen LogP contribution in [0.2, 0.25) is 0 Å². The van der Waals surface area contributed by atoms with Crippen LogP contribution in [0.15, 0.2) is 47.5 Å². The van der Waals surface area contributed by atoms with Gasteiger partial charge in [-0.25, -0.2) is 9.97 Å². The van der Waals surface area contributed by atoms with Crippen molar-refractivity contribution in [1.82, 2.24) is 34.5 Å². The molecule has 3 aromatic rings. The summed E-state index contributed by atoms with van der Waals surface area (Å²) in [5, 5.41) is 1.14. The third-order valence-corrected chi connectivity index (χ3v) is 2.88. The van der Waals surface area contributed by atoms with Crippen molar-refractivity contribution >= 4 is 17.7 Å². The van der Waals surface area contributed by atoms with Crippen molar-refractivity contribution in [3.05, 3.63) is 37.3 Å². The second kappa shape index (κ2) is 4.98. The first kappa shape index (κ1) is 11.5. The molecule has 19 heavy (non-hydrogen) atoms. The number of hydrogen-bond acceptors (Lipinski definition) is 8. The molecule has 0 bridgehead atoms. The maximum atomic E-state index is 5.67. The monoisotopic (exact) mass is 272 g/mol. The van der Waals surface area contributed by atoms with E-state index in [9.17, 15) is 0 Å². The molecule has 0 atom stereocenters. The van der Waals surface area contributed by atoms with Crippen LogP contribution in [-0.2, 0) is 0 Å². The molecule has 0 spiro atoms. The Hall–Kier alpha value is -2.55. The molecule has 9 heteroatoms. The number of rotatable bonds is 3. The molecule has 0 aliphatic heterocycles. The summed E-state index contributed by atoms with van der Waals surface area (Å²) in [6.07, 6.45) is 9.78. The summed E-state index contributed by atoms with van der Waals surface area (Å²) in [4.78, 5) is 24.4.